The topological polar surface area (TPSA) is 85.2 Å². The van der Waals surface area contributed by atoms with Gasteiger partial charge in [0, 0.05) is 32.7 Å². The number of benzene rings is 1. The van der Waals surface area contributed by atoms with Gasteiger partial charge in [0.2, 0.25) is 10.0 Å². The van der Waals surface area contributed by atoms with Crippen LogP contribution in [0.5, 0.6) is 0 Å². The van der Waals surface area contributed by atoms with Gasteiger partial charge in [0.1, 0.15) is 0 Å². The van der Waals surface area contributed by atoms with Crippen LogP contribution in [0.1, 0.15) is 38.2 Å². The van der Waals surface area contributed by atoms with Crippen LogP contribution in [0.15, 0.2) is 34.2 Å². The first-order valence-electron chi connectivity index (χ1n) is 9.81. The fourth-order valence-corrected chi connectivity index (χ4v) is 5.17. The Kier molecular flexibility index (Phi) is 6.73. The van der Waals surface area contributed by atoms with Crippen molar-refractivity contribution < 1.29 is 13.5 Å². The van der Waals surface area contributed by atoms with E-state index in [1.54, 1.807) is 22.5 Å². The van der Waals surface area contributed by atoms with Crippen LogP contribution in [0.4, 0.5) is 0 Å². The second-order valence-corrected chi connectivity index (χ2v) is 9.11. The number of hydrogen-bond donors (Lipinski definition) is 2. The van der Waals surface area contributed by atoms with Crippen LogP contribution in [0, 0.1) is 0 Å². The fraction of sp³-hybridized carbons (Fsp3) is 0.632. The zero-order valence-corrected chi connectivity index (χ0v) is 16.8. The molecule has 2 heterocycles. The summed E-state index contributed by atoms with van der Waals surface area (Å²) in [6, 6.07) is 7.09. The van der Waals surface area contributed by atoms with Gasteiger partial charge in [-0.05, 0) is 43.9 Å². The minimum absolute atomic E-state index is 0.313. The summed E-state index contributed by atoms with van der Waals surface area (Å²) in [7, 11) is -3.43. The molecule has 8 heteroatoms. The van der Waals surface area contributed by atoms with Gasteiger partial charge < -0.3 is 15.3 Å². The van der Waals surface area contributed by atoms with Crippen LogP contribution >= 0.6 is 0 Å². The van der Waals surface area contributed by atoms with E-state index < -0.39 is 10.0 Å². The lowest BCUT2D eigenvalue weighted by atomic mass is 10.2. The van der Waals surface area contributed by atoms with Crippen molar-refractivity contribution in [1.29, 1.82) is 0 Å². The third kappa shape index (κ3) is 5.00. The molecule has 0 saturated carbocycles. The Labute approximate surface area is 162 Å². The van der Waals surface area contributed by atoms with Crippen molar-refractivity contribution in [2.24, 2.45) is 4.99 Å². The zero-order valence-electron chi connectivity index (χ0n) is 16.0. The molecule has 1 aromatic carbocycles. The Hall–Kier alpha value is -1.64. The smallest absolute Gasteiger partial charge is 0.243 e. The Morgan fingerprint density at radius 2 is 2.04 bits per heavy atom. The van der Waals surface area contributed by atoms with E-state index in [4.69, 9.17) is 0 Å². The number of aliphatic hydroxyl groups is 1. The first kappa shape index (κ1) is 20.1. The lowest BCUT2D eigenvalue weighted by molar-refractivity contribution is 0.188. The average molecular weight is 395 g/mol. The van der Waals surface area contributed by atoms with Crippen molar-refractivity contribution in [2.75, 3.05) is 32.7 Å². The molecule has 0 aliphatic carbocycles. The third-order valence-electron chi connectivity index (χ3n) is 5.06. The van der Waals surface area contributed by atoms with Gasteiger partial charge in [0.25, 0.3) is 0 Å². The minimum atomic E-state index is -3.43. The highest BCUT2D eigenvalue weighted by Crippen LogP contribution is 2.21. The van der Waals surface area contributed by atoms with E-state index in [2.05, 4.69) is 10.3 Å². The summed E-state index contributed by atoms with van der Waals surface area (Å²) < 4.78 is 27.3. The molecule has 2 saturated heterocycles. The number of nitrogens with one attached hydrogen (secondary N) is 1. The SMILES string of the molecule is CCNC(=NCc1cccc(S(=O)(=O)N2CCCCC2)c1)N1CC[C@@H](O)C1. The maximum Gasteiger partial charge on any atom is 0.243 e. The molecule has 150 valence electrons. The van der Waals surface area contributed by atoms with Gasteiger partial charge in [-0.1, -0.05) is 18.6 Å². The van der Waals surface area contributed by atoms with Gasteiger partial charge in [-0.25, -0.2) is 13.4 Å². The minimum Gasteiger partial charge on any atom is -0.391 e. The largest absolute Gasteiger partial charge is 0.391 e. The van der Waals surface area contributed by atoms with Gasteiger partial charge in [-0.15, -0.1) is 0 Å². The molecule has 27 heavy (non-hydrogen) atoms. The molecule has 1 atom stereocenters. The lowest BCUT2D eigenvalue weighted by Gasteiger charge is -2.26. The molecule has 7 nitrogen and oxygen atoms in total. The number of sulfonamides is 1. The molecule has 0 amide bonds. The normalized spacial score (nSPS) is 22.2. The number of nitrogens with zero attached hydrogens (tertiary/aromatic N) is 3. The predicted molar refractivity (Wildman–Crippen MR) is 106 cm³/mol. The number of piperidine rings is 1. The van der Waals surface area contributed by atoms with E-state index in [1.165, 1.54) is 0 Å². The van der Waals surface area contributed by atoms with Gasteiger partial charge in [0.05, 0.1) is 17.5 Å². The van der Waals surface area contributed by atoms with Gasteiger partial charge in [0.15, 0.2) is 5.96 Å². The Bertz CT molecular complexity index is 760. The van der Waals surface area contributed by atoms with Crippen LogP contribution in [0.25, 0.3) is 0 Å². The summed E-state index contributed by atoms with van der Waals surface area (Å²) in [5.74, 6) is 0.762. The maximum atomic E-state index is 12.9. The fourth-order valence-electron chi connectivity index (χ4n) is 3.58. The second-order valence-electron chi connectivity index (χ2n) is 7.17. The summed E-state index contributed by atoms with van der Waals surface area (Å²) in [5, 5.41) is 13.0. The molecule has 1 aromatic rings. The van der Waals surface area contributed by atoms with Crippen LogP contribution < -0.4 is 5.32 Å². The average Bonchev–Trinajstić information content (AvgIpc) is 3.12. The van der Waals surface area contributed by atoms with Crippen LogP contribution in [-0.2, 0) is 16.6 Å². The molecule has 3 rings (SSSR count). The molecule has 0 unspecified atom stereocenters. The summed E-state index contributed by atoms with van der Waals surface area (Å²) in [5.41, 5.74) is 0.864. The van der Waals surface area contributed by atoms with E-state index in [1.807, 2.05) is 17.9 Å². The first-order valence-corrected chi connectivity index (χ1v) is 11.2. The van der Waals surface area contributed by atoms with Gasteiger partial charge in [-0.2, -0.15) is 4.31 Å². The van der Waals surface area contributed by atoms with E-state index in [9.17, 15) is 13.5 Å². The van der Waals surface area contributed by atoms with Crippen molar-refractivity contribution in [3.63, 3.8) is 0 Å². The lowest BCUT2D eigenvalue weighted by Crippen LogP contribution is -2.40. The van der Waals surface area contributed by atoms with E-state index in [0.717, 1.165) is 50.3 Å². The zero-order chi connectivity index (χ0) is 19.3. The van der Waals surface area contributed by atoms with Gasteiger partial charge in [-0.3, -0.25) is 0 Å². The molecule has 0 spiro atoms. The predicted octanol–water partition coefficient (Wildman–Crippen LogP) is 1.39. The highest BCUT2D eigenvalue weighted by Gasteiger charge is 2.26. The Balaban J connectivity index is 1.74. The number of aliphatic imine (C=N–C) groups is 1. The number of likely N-dealkylation sites (tertiary alicyclic amines) is 1. The quantitative estimate of drug-likeness (QED) is 0.582. The standard InChI is InChI=1S/C19H30N4O3S/c1-2-20-19(22-12-9-17(24)15-22)21-14-16-7-6-8-18(13-16)27(25,26)23-10-4-3-5-11-23/h6-8,13,17,24H,2-5,9-12,14-15H2,1H3,(H,20,21)/t17-/m1/s1. The molecule has 2 aliphatic heterocycles. The van der Waals surface area contributed by atoms with Crippen molar-refractivity contribution in [2.45, 2.75) is 50.2 Å². The molecule has 0 aromatic heterocycles. The van der Waals surface area contributed by atoms with Crippen molar-refractivity contribution in [3.8, 4) is 0 Å². The second kappa shape index (κ2) is 9.03. The number of aliphatic hydroxyl groups excluding tert-OH is 1. The monoisotopic (exact) mass is 394 g/mol. The van der Waals surface area contributed by atoms with E-state index in [0.29, 0.717) is 31.1 Å². The molecule has 2 fully saturated rings. The van der Waals surface area contributed by atoms with E-state index >= 15 is 0 Å². The Morgan fingerprint density at radius 1 is 1.26 bits per heavy atom. The summed E-state index contributed by atoms with van der Waals surface area (Å²) in [4.78, 5) is 7.04. The molecule has 2 N–H and O–H groups in total. The summed E-state index contributed by atoms with van der Waals surface area (Å²) in [6.45, 7) is 5.71. The van der Waals surface area contributed by atoms with Crippen molar-refractivity contribution >= 4 is 16.0 Å². The first-order chi connectivity index (χ1) is 13.0. The molecule has 0 bridgehead atoms. The van der Waals surface area contributed by atoms with Crippen LogP contribution in [-0.4, -0.2) is 67.5 Å². The third-order valence-corrected chi connectivity index (χ3v) is 6.96. The number of hydrogen-bond acceptors (Lipinski definition) is 4. The number of β-amino-alcohol motifs (C(OH)–C–C–N with tert-alkyl or cyclic N) is 1. The van der Waals surface area contributed by atoms with Crippen molar-refractivity contribution in [1.82, 2.24) is 14.5 Å². The maximum absolute atomic E-state index is 12.9. The number of guanidine groups is 1. The molecular formula is C19H30N4O3S. The summed E-state index contributed by atoms with van der Waals surface area (Å²) >= 11 is 0. The van der Waals surface area contributed by atoms with Crippen LogP contribution in [0.3, 0.4) is 0 Å². The highest BCUT2D eigenvalue weighted by atomic mass is 32.2. The molecule has 2 aliphatic rings. The Morgan fingerprint density at radius 3 is 2.70 bits per heavy atom. The summed E-state index contributed by atoms with van der Waals surface area (Å²) in [6.07, 6.45) is 3.38. The number of rotatable bonds is 5. The highest BCUT2D eigenvalue weighted by molar-refractivity contribution is 7.89. The molecule has 0 radical (unpaired) electrons. The van der Waals surface area contributed by atoms with Gasteiger partial charge >= 0.3 is 0 Å². The van der Waals surface area contributed by atoms with E-state index in [-0.39, 0.29) is 6.10 Å². The molecular weight excluding hydrogens is 364 g/mol. The van der Waals surface area contributed by atoms with Crippen molar-refractivity contribution in [3.05, 3.63) is 29.8 Å². The van der Waals surface area contributed by atoms with Crippen LogP contribution in [0.2, 0.25) is 0 Å².